The number of amides is 1. The Labute approximate surface area is 108 Å². The zero-order valence-corrected chi connectivity index (χ0v) is 10.5. The first-order valence-electron chi connectivity index (χ1n) is 5.50. The second-order valence-electron chi connectivity index (χ2n) is 4.12. The van der Waals surface area contributed by atoms with Crippen LogP contribution in [0.25, 0.3) is 10.9 Å². The average molecular weight is 258 g/mol. The van der Waals surface area contributed by atoms with Crippen LogP contribution in [0.15, 0.2) is 36.5 Å². The summed E-state index contributed by atoms with van der Waals surface area (Å²) in [5.41, 5.74) is 1.67. The maximum Gasteiger partial charge on any atom is 0.289 e. The van der Waals surface area contributed by atoms with Crippen molar-refractivity contribution in [1.29, 1.82) is 0 Å². The van der Waals surface area contributed by atoms with Gasteiger partial charge >= 0.3 is 0 Å². The highest BCUT2D eigenvalue weighted by Gasteiger charge is 2.38. The van der Waals surface area contributed by atoms with Crippen LogP contribution in [0.2, 0.25) is 0 Å². The highest BCUT2D eigenvalue weighted by atomic mass is 32.2. The molecule has 3 rings (SSSR count). The third-order valence-corrected chi connectivity index (χ3v) is 3.95. The number of pyridine rings is 1. The number of fused-ring (bicyclic) bond motifs is 1. The quantitative estimate of drug-likeness (QED) is 0.789. The molecular weight excluding hydrogens is 248 g/mol. The van der Waals surface area contributed by atoms with E-state index in [9.17, 15) is 9.59 Å². The van der Waals surface area contributed by atoms with Crippen LogP contribution in [0, 0.1) is 0 Å². The lowest BCUT2D eigenvalue weighted by Crippen LogP contribution is -2.23. The van der Waals surface area contributed by atoms with Gasteiger partial charge in [0.05, 0.1) is 5.52 Å². The molecule has 4 nitrogen and oxygen atoms in total. The van der Waals surface area contributed by atoms with Crippen molar-refractivity contribution in [2.75, 3.05) is 7.05 Å². The van der Waals surface area contributed by atoms with E-state index in [1.165, 1.54) is 4.90 Å². The van der Waals surface area contributed by atoms with Crippen molar-refractivity contribution in [3.05, 3.63) is 42.1 Å². The van der Waals surface area contributed by atoms with Gasteiger partial charge in [0.15, 0.2) is 0 Å². The summed E-state index contributed by atoms with van der Waals surface area (Å²) in [6.07, 6.45) is 1.71. The van der Waals surface area contributed by atoms with E-state index in [2.05, 4.69) is 4.98 Å². The van der Waals surface area contributed by atoms with Crippen molar-refractivity contribution in [2.45, 2.75) is 6.04 Å². The highest BCUT2D eigenvalue weighted by Crippen LogP contribution is 2.37. The van der Waals surface area contributed by atoms with Crippen molar-refractivity contribution >= 4 is 33.0 Å². The van der Waals surface area contributed by atoms with Gasteiger partial charge in [-0.2, -0.15) is 0 Å². The third-order valence-electron chi connectivity index (χ3n) is 3.06. The first-order chi connectivity index (χ1) is 8.68. The minimum atomic E-state index is -0.504. The minimum Gasteiger partial charge on any atom is -0.321 e. The normalized spacial score (nSPS) is 19.8. The van der Waals surface area contributed by atoms with Crippen LogP contribution in [0.3, 0.4) is 0 Å². The Balaban J connectivity index is 2.20. The van der Waals surface area contributed by atoms with Crippen molar-refractivity contribution in [2.24, 2.45) is 0 Å². The van der Waals surface area contributed by atoms with Gasteiger partial charge in [-0.1, -0.05) is 18.2 Å². The summed E-state index contributed by atoms with van der Waals surface area (Å²) in [7, 11) is 1.65. The van der Waals surface area contributed by atoms with Gasteiger partial charge in [-0.3, -0.25) is 14.6 Å². The molecule has 0 spiro atoms. The summed E-state index contributed by atoms with van der Waals surface area (Å²) in [5.74, 6) is 0. The van der Waals surface area contributed by atoms with E-state index >= 15 is 0 Å². The van der Waals surface area contributed by atoms with Crippen molar-refractivity contribution in [3.8, 4) is 0 Å². The molecule has 1 amide bonds. The lowest BCUT2D eigenvalue weighted by atomic mass is 10.0. The topological polar surface area (TPSA) is 50.3 Å². The zero-order chi connectivity index (χ0) is 12.7. The highest BCUT2D eigenvalue weighted by molar-refractivity contribution is 8.26. The lowest BCUT2D eigenvalue weighted by molar-refractivity contribution is -0.113. The molecular formula is C13H10N2O2S. The third kappa shape index (κ3) is 1.59. The summed E-state index contributed by atoms with van der Waals surface area (Å²) >= 11 is 0.768. The van der Waals surface area contributed by atoms with Gasteiger partial charge in [-0.15, -0.1) is 0 Å². The minimum absolute atomic E-state index is 0.126. The zero-order valence-electron chi connectivity index (χ0n) is 9.66. The Morgan fingerprint density at radius 1 is 1.22 bits per heavy atom. The van der Waals surface area contributed by atoms with Crippen LogP contribution in [-0.2, 0) is 4.79 Å². The van der Waals surface area contributed by atoms with Gasteiger partial charge in [0.25, 0.3) is 5.24 Å². The number of hydrogen-bond acceptors (Lipinski definition) is 4. The molecule has 0 radical (unpaired) electrons. The summed E-state index contributed by atoms with van der Waals surface area (Å²) in [5, 5.41) is 0.588. The number of thioether (sulfide) groups is 1. The average Bonchev–Trinajstić information content (AvgIpc) is 2.63. The fraction of sp³-hybridized carbons (Fsp3) is 0.154. The van der Waals surface area contributed by atoms with Gasteiger partial charge in [-0.25, -0.2) is 0 Å². The molecule has 1 aromatic carbocycles. The molecule has 1 aromatic heterocycles. The van der Waals surface area contributed by atoms with E-state index in [0.717, 1.165) is 28.2 Å². The van der Waals surface area contributed by atoms with Gasteiger partial charge in [-0.05, 0) is 17.7 Å². The number of likely N-dealkylation sites (N-methyl/N-ethyl adjacent to an activating group) is 1. The summed E-state index contributed by atoms with van der Waals surface area (Å²) in [6.45, 7) is 0. The summed E-state index contributed by atoms with van der Waals surface area (Å²) in [6, 6.07) is 8.89. The Morgan fingerprint density at radius 2 is 2.06 bits per heavy atom. The molecule has 1 unspecified atom stereocenters. The molecule has 1 saturated heterocycles. The Hall–Kier alpha value is -1.88. The smallest absolute Gasteiger partial charge is 0.289 e. The molecule has 90 valence electrons. The predicted molar refractivity (Wildman–Crippen MR) is 70.2 cm³/mol. The summed E-state index contributed by atoms with van der Waals surface area (Å²) < 4.78 is 0. The maximum absolute atomic E-state index is 11.9. The van der Waals surface area contributed by atoms with E-state index in [4.69, 9.17) is 0 Å². The van der Waals surface area contributed by atoms with E-state index in [1.54, 1.807) is 13.2 Å². The number of hydrogen-bond donors (Lipinski definition) is 0. The van der Waals surface area contributed by atoms with E-state index in [1.807, 2.05) is 30.3 Å². The number of rotatable bonds is 1. The van der Waals surface area contributed by atoms with Crippen LogP contribution in [0.1, 0.15) is 11.6 Å². The van der Waals surface area contributed by atoms with Gasteiger partial charge in [0, 0.05) is 30.4 Å². The summed E-state index contributed by atoms with van der Waals surface area (Å²) in [4.78, 5) is 29.2. The Kier molecular flexibility index (Phi) is 2.56. The number of benzene rings is 1. The van der Waals surface area contributed by atoms with Crippen molar-refractivity contribution in [3.63, 3.8) is 0 Å². The largest absolute Gasteiger partial charge is 0.321 e. The molecule has 0 saturated carbocycles. The van der Waals surface area contributed by atoms with E-state index in [0.29, 0.717) is 0 Å². The fourth-order valence-corrected chi connectivity index (χ4v) is 3.00. The molecule has 1 fully saturated rings. The number of nitrogens with zero attached hydrogens (tertiary/aromatic N) is 2. The SMILES string of the molecule is CN1C(=O)SC(=O)C1c1cccc2ncccc12. The number of carbonyl (C=O) groups is 2. The van der Waals surface area contributed by atoms with Crippen LogP contribution in [-0.4, -0.2) is 27.3 Å². The second-order valence-corrected chi connectivity index (χ2v) is 5.07. The molecule has 1 atom stereocenters. The van der Waals surface area contributed by atoms with Crippen LogP contribution < -0.4 is 0 Å². The monoisotopic (exact) mass is 258 g/mol. The number of carbonyl (C=O) groups excluding carboxylic acids is 2. The molecule has 0 N–H and O–H groups in total. The first-order valence-corrected chi connectivity index (χ1v) is 6.32. The molecule has 18 heavy (non-hydrogen) atoms. The molecule has 1 aliphatic rings. The number of aromatic nitrogens is 1. The van der Waals surface area contributed by atoms with E-state index < -0.39 is 6.04 Å². The van der Waals surface area contributed by atoms with Crippen molar-refractivity contribution < 1.29 is 9.59 Å². The van der Waals surface area contributed by atoms with Crippen LogP contribution >= 0.6 is 11.8 Å². The van der Waals surface area contributed by atoms with E-state index in [-0.39, 0.29) is 10.4 Å². The van der Waals surface area contributed by atoms with Gasteiger partial charge in [0.2, 0.25) is 5.12 Å². The van der Waals surface area contributed by atoms with Crippen LogP contribution in [0.4, 0.5) is 4.79 Å². The molecule has 0 bridgehead atoms. The molecule has 2 heterocycles. The molecule has 2 aromatic rings. The molecule has 0 aliphatic carbocycles. The Morgan fingerprint density at radius 3 is 2.78 bits per heavy atom. The van der Waals surface area contributed by atoms with Gasteiger partial charge < -0.3 is 4.90 Å². The Bertz CT molecular complexity index is 651. The van der Waals surface area contributed by atoms with Crippen molar-refractivity contribution in [1.82, 2.24) is 9.88 Å². The predicted octanol–water partition coefficient (Wildman–Crippen LogP) is 2.60. The fourth-order valence-electron chi connectivity index (χ4n) is 2.18. The van der Waals surface area contributed by atoms with Gasteiger partial charge in [0.1, 0.15) is 6.04 Å². The van der Waals surface area contributed by atoms with Crippen LogP contribution in [0.5, 0.6) is 0 Å². The molecule has 1 aliphatic heterocycles. The standard InChI is InChI=1S/C13H10N2O2S/c1-15-11(12(16)18-13(15)17)9-4-2-6-10-8(9)5-3-7-14-10/h2-7,11H,1H3. The second kappa shape index (κ2) is 4.10. The maximum atomic E-state index is 11.9. The molecule has 5 heteroatoms. The first kappa shape index (κ1) is 11.2. The lowest BCUT2D eigenvalue weighted by Gasteiger charge is -2.18.